The molecule has 2 bridgehead atoms. The van der Waals surface area contributed by atoms with E-state index >= 15 is 0 Å². The second-order valence-corrected chi connectivity index (χ2v) is 6.26. The number of hydrazine groups is 1. The third-order valence-corrected chi connectivity index (χ3v) is 4.87. The Morgan fingerprint density at radius 3 is 2.04 bits per heavy atom. The largest absolute Gasteiger partial charge is 0.293 e. The number of hydrogen-bond donors (Lipinski definition) is 2. The topological polar surface area (TPSA) is 41.1 Å². The molecule has 3 rings (SSSR count). The molecule has 0 heterocycles. The van der Waals surface area contributed by atoms with Crippen molar-refractivity contribution in [1.29, 1.82) is 0 Å². The number of carbonyl (C=O) groups is 1. The van der Waals surface area contributed by atoms with Gasteiger partial charge in [0.1, 0.15) is 5.69 Å². The summed E-state index contributed by atoms with van der Waals surface area (Å²) in [7, 11) is 0. The molecule has 23 heavy (non-hydrogen) atoms. The zero-order valence-electron chi connectivity index (χ0n) is 12.1. The maximum Gasteiger partial charge on any atom is 0.238 e. The van der Waals surface area contributed by atoms with E-state index in [1.54, 1.807) is 0 Å². The van der Waals surface area contributed by atoms with Crippen LogP contribution in [0.3, 0.4) is 0 Å². The van der Waals surface area contributed by atoms with E-state index in [1.807, 2.05) is 10.9 Å². The Morgan fingerprint density at radius 1 is 0.913 bits per heavy atom. The lowest BCUT2D eigenvalue weighted by atomic mass is 9.86. The molecule has 0 radical (unpaired) electrons. The molecule has 1 aromatic carbocycles. The third-order valence-electron chi connectivity index (χ3n) is 4.87. The van der Waals surface area contributed by atoms with Crippen molar-refractivity contribution in [3.8, 4) is 0 Å². The fourth-order valence-electron chi connectivity index (χ4n) is 3.76. The summed E-state index contributed by atoms with van der Waals surface area (Å²) >= 11 is 0. The summed E-state index contributed by atoms with van der Waals surface area (Å²) in [5, 5.41) is 0. The molecule has 126 valence electrons. The van der Waals surface area contributed by atoms with Gasteiger partial charge in [-0.3, -0.25) is 15.6 Å². The highest BCUT2D eigenvalue weighted by Crippen LogP contribution is 2.49. The van der Waals surface area contributed by atoms with Crippen LogP contribution in [0, 0.1) is 46.8 Å². The second-order valence-electron chi connectivity index (χ2n) is 6.26. The molecule has 2 fully saturated rings. The van der Waals surface area contributed by atoms with Crippen LogP contribution in [0.4, 0.5) is 27.6 Å². The summed E-state index contributed by atoms with van der Waals surface area (Å²) in [6.07, 6.45) is 4.46. The molecule has 8 heteroatoms. The first-order chi connectivity index (χ1) is 10.9. The van der Waals surface area contributed by atoms with Crippen LogP contribution < -0.4 is 10.9 Å². The van der Waals surface area contributed by atoms with Gasteiger partial charge in [-0.25, -0.2) is 22.0 Å². The molecule has 2 aliphatic carbocycles. The number of anilines is 1. The van der Waals surface area contributed by atoms with Crippen molar-refractivity contribution in [3.05, 3.63) is 29.1 Å². The Hall–Kier alpha value is -1.86. The zero-order chi connectivity index (χ0) is 16.7. The SMILES string of the molecule is O=C(C[C@H]1C[C@@H]2CC[C@H]1C2)NNc1c(F)c(F)c(F)c(F)c1F. The molecular formula is C15H15F5N2O. The van der Waals surface area contributed by atoms with Crippen molar-refractivity contribution in [1.82, 2.24) is 5.43 Å². The number of fused-ring (bicyclic) bond motifs is 2. The predicted octanol–water partition coefficient (Wildman–Crippen LogP) is 3.65. The molecule has 3 nitrogen and oxygen atoms in total. The lowest BCUT2D eigenvalue weighted by molar-refractivity contribution is -0.121. The van der Waals surface area contributed by atoms with Gasteiger partial charge in [-0.1, -0.05) is 6.42 Å². The van der Waals surface area contributed by atoms with Crippen LogP contribution in [0.2, 0.25) is 0 Å². The lowest BCUT2D eigenvalue weighted by Crippen LogP contribution is -2.33. The minimum Gasteiger partial charge on any atom is -0.293 e. The van der Waals surface area contributed by atoms with Gasteiger partial charge in [0, 0.05) is 6.42 Å². The van der Waals surface area contributed by atoms with Gasteiger partial charge in [0.15, 0.2) is 23.3 Å². The van der Waals surface area contributed by atoms with Gasteiger partial charge >= 0.3 is 0 Å². The quantitative estimate of drug-likeness (QED) is 0.382. The number of benzene rings is 1. The molecule has 2 saturated carbocycles. The number of rotatable bonds is 4. The van der Waals surface area contributed by atoms with E-state index in [2.05, 4.69) is 0 Å². The molecule has 0 unspecified atom stereocenters. The van der Waals surface area contributed by atoms with E-state index in [1.165, 1.54) is 6.42 Å². The molecule has 0 aromatic heterocycles. The van der Waals surface area contributed by atoms with E-state index < -0.39 is 40.7 Å². The molecule has 0 spiro atoms. The first-order valence-corrected chi connectivity index (χ1v) is 7.44. The van der Waals surface area contributed by atoms with Crippen molar-refractivity contribution in [2.24, 2.45) is 17.8 Å². The highest BCUT2D eigenvalue weighted by atomic mass is 19.2. The van der Waals surface area contributed by atoms with E-state index in [0.717, 1.165) is 19.3 Å². The van der Waals surface area contributed by atoms with Crippen LogP contribution in [0.25, 0.3) is 0 Å². The standard InChI is InChI=1S/C15H15F5N2O/c16-10-11(17)13(19)15(14(20)12(10)18)22-21-9(23)5-8-4-6-1-2-7(8)3-6/h6-8,22H,1-5H2,(H,21,23)/t6-,7+,8-/m1/s1. The smallest absolute Gasteiger partial charge is 0.238 e. The molecule has 2 N–H and O–H groups in total. The maximum atomic E-state index is 13.4. The van der Waals surface area contributed by atoms with Crippen LogP contribution in [-0.4, -0.2) is 5.91 Å². The highest BCUT2D eigenvalue weighted by Gasteiger charge is 2.40. The number of hydrogen-bond acceptors (Lipinski definition) is 2. The fraction of sp³-hybridized carbons (Fsp3) is 0.533. The van der Waals surface area contributed by atoms with Crippen LogP contribution in [-0.2, 0) is 4.79 Å². The molecular weight excluding hydrogens is 319 g/mol. The van der Waals surface area contributed by atoms with E-state index in [4.69, 9.17) is 0 Å². The van der Waals surface area contributed by atoms with Crippen molar-refractivity contribution in [3.63, 3.8) is 0 Å². The van der Waals surface area contributed by atoms with Crippen molar-refractivity contribution in [2.45, 2.75) is 32.1 Å². The number of carbonyl (C=O) groups excluding carboxylic acids is 1. The van der Waals surface area contributed by atoms with Crippen molar-refractivity contribution in [2.75, 3.05) is 5.43 Å². The van der Waals surface area contributed by atoms with Gasteiger partial charge < -0.3 is 0 Å². The number of nitrogens with one attached hydrogen (secondary N) is 2. The number of amides is 1. The van der Waals surface area contributed by atoms with Gasteiger partial charge in [0.2, 0.25) is 11.7 Å². The van der Waals surface area contributed by atoms with E-state index in [9.17, 15) is 26.7 Å². The Morgan fingerprint density at radius 2 is 1.52 bits per heavy atom. The van der Waals surface area contributed by atoms with E-state index in [0.29, 0.717) is 11.8 Å². The van der Waals surface area contributed by atoms with E-state index in [-0.39, 0.29) is 12.3 Å². The molecule has 3 atom stereocenters. The Kier molecular flexibility index (Phi) is 4.16. The summed E-state index contributed by atoms with van der Waals surface area (Å²) in [6.45, 7) is 0. The molecule has 0 saturated heterocycles. The molecule has 1 amide bonds. The fourth-order valence-corrected chi connectivity index (χ4v) is 3.76. The van der Waals surface area contributed by atoms with Crippen LogP contribution in [0.5, 0.6) is 0 Å². The summed E-state index contributed by atoms with van der Waals surface area (Å²) < 4.78 is 65.9. The van der Waals surface area contributed by atoms with Crippen molar-refractivity contribution >= 4 is 11.6 Å². The van der Waals surface area contributed by atoms with Gasteiger partial charge in [-0.05, 0) is 37.0 Å². The van der Waals surface area contributed by atoms with Crippen molar-refractivity contribution < 1.29 is 26.7 Å². The Labute approximate surface area is 129 Å². The van der Waals surface area contributed by atoms with Gasteiger partial charge in [0.05, 0.1) is 0 Å². The van der Waals surface area contributed by atoms with Crippen LogP contribution >= 0.6 is 0 Å². The van der Waals surface area contributed by atoms with Crippen LogP contribution in [0.1, 0.15) is 32.1 Å². The average molecular weight is 334 g/mol. The summed E-state index contributed by atoms with van der Waals surface area (Å²) in [5.74, 6) is -9.58. The third kappa shape index (κ3) is 2.86. The molecule has 0 aliphatic heterocycles. The summed E-state index contributed by atoms with van der Waals surface area (Å²) in [6, 6.07) is 0. The predicted molar refractivity (Wildman–Crippen MR) is 71.6 cm³/mol. The second kappa shape index (κ2) is 5.98. The Bertz CT molecular complexity index is 622. The summed E-state index contributed by atoms with van der Waals surface area (Å²) in [5.41, 5.74) is 2.57. The average Bonchev–Trinajstić information content (AvgIpc) is 3.13. The summed E-state index contributed by atoms with van der Waals surface area (Å²) in [4.78, 5) is 11.8. The first-order valence-electron chi connectivity index (χ1n) is 7.44. The van der Waals surface area contributed by atoms with Crippen LogP contribution in [0.15, 0.2) is 0 Å². The lowest BCUT2D eigenvalue weighted by Gasteiger charge is -2.21. The van der Waals surface area contributed by atoms with Gasteiger partial charge in [0.25, 0.3) is 0 Å². The minimum atomic E-state index is -2.24. The minimum absolute atomic E-state index is 0.170. The first kappa shape index (κ1) is 16.0. The van der Waals surface area contributed by atoms with Gasteiger partial charge in [-0.15, -0.1) is 0 Å². The normalized spacial score (nSPS) is 25.7. The van der Waals surface area contributed by atoms with Gasteiger partial charge in [-0.2, -0.15) is 0 Å². The molecule has 1 aromatic rings. The number of halogens is 5. The highest BCUT2D eigenvalue weighted by molar-refractivity contribution is 5.77. The zero-order valence-corrected chi connectivity index (χ0v) is 12.1. The monoisotopic (exact) mass is 334 g/mol. The maximum absolute atomic E-state index is 13.4. The molecule has 2 aliphatic rings. The Balaban J connectivity index is 1.63.